The van der Waals surface area contributed by atoms with Crippen LogP contribution in [0, 0.1) is 0 Å². The number of benzene rings is 1. The van der Waals surface area contributed by atoms with Crippen LogP contribution >= 0.6 is 24.8 Å². The summed E-state index contributed by atoms with van der Waals surface area (Å²) in [5.74, 6) is 0.214. The number of hydrogen-bond acceptors (Lipinski definition) is 4. The summed E-state index contributed by atoms with van der Waals surface area (Å²) in [7, 11) is 0. The van der Waals surface area contributed by atoms with Gasteiger partial charge in [0.05, 0.1) is 5.69 Å². The molecule has 29 heavy (non-hydrogen) atoms. The predicted octanol–water partition coefficient (Wildman–Crippen LogP) is 3.04. The number of aromatic nitrogens is 2. The van der Waals surface area contributed by atoms with E-state index >= 15 is 0 Å². The number of fused-ring (bicyclic) bond motifs is 1. The van der Waals surface area contributed by atoms with Gasteiger partial charge in [-0.1, -0.05) is 24.3 Å². The SMILES string of the molecule is Cl.Cl.Nc1ccccc1CCC(=O)N1CCN(Cc2cn3ccccc3n2)CC1. The highest BCUT2D eigenvalue weighted by molar-refractivity contribution is 5.85. The first-order valence-corrected chi connectivity index (χ1v) is 9.45. The Morgan fingerprint density at radius 3 is 2.45 bits per heavy atom. The normalized spacial score (nSPS) is 14.3. The predicted molar refractivity (Wildman–Crippen MR) is 121 cm³/mol. The zero-order valence-corrected chi connectivity index (χ0v) is 17.9. The van der Waals surface area contributed by atoms with Gasteiger partial charge in [0.1, 0.15) is 5.65 Å². The summed E-state index contributed by atoms with van der Waals surface area (Å²) < 4.78 is 2.05. The Labute approximate surface area is 183 Å². The topological polar surface area (TPSA) is 66.9 Å². The lowest BCUT2D eigenvalue weighted by Crippen LogP contribution is -2.48. The molecule has 1 aliphatic heterocycles. The number of carbonyl (C=O) groups excluding carboxylic acids is 1. The molecule has 0 bridgehead atoms. The Morgan fingerprint density at radius 2 is 1.72 bits per heavy atom. The molecular formula is C21H27Cl2N5O. The summed E-state index contributed by atoms with van der Waals surface area (Å²) in [4.78, 5) is 21.5. The van der Waals surface area contributed by atoms with Crippen LogP contribution in [0.15, 0.2) is 54.9 Å². The molecule has 1 aliphatic rings. The minimum absolute atomic E-state index is 0. The van der Waals surface area contributed by atoms with Crippen LogP contribution in [0.1, 0.15) is 17.7 Å². The average molecular weight is 436 g/mol. The Morgan fingerprint density at radius 1 is 1.00 bits per heavy atom. The van der Waals surface area contributed by atoms with E-state index in [0.717, 1.165) is 55.3 Å². The van der Waals surface area contributed by atoms with Gasteiger partial charge in [-0.15, -0.1) is 24.8 Å². The molecule has 1 fully saturated rings. The second kappa shape index (κ2) is 10.5. The van der Waals surface area contributed by atoms with Crippen molar-refractivity contribution in [1.29, 1.82) is 0 Å². The molecule has 1 saturated heterocycles. The van der Waals surface area contributed by atoms with Gasteiger partial charge < -0.3 is 15.0 Å². The van der Waals surface area contributed by atoms with Gasteiger partial charge in [0.15, 0.2) is 0 Å². The van der Waals surface area contributed by atoms with E-state index in [-0.39, 0.29) is 30.7 Å². The summed E-state index contributed by atoms with van der Waals surface area (Å²) in [6, 6.07) is 13.8. The molecule has 3 aromatic rings. The van der Waals surface area contributed by atoms with E-state index in [1.54, 1.807) is 0 Å². The molecule has 4 rings (SSSR count). The third-order valence-electron chi connectivity index (χ3n) is 5.19. The number of halogens is 2. The number of imidazole rings is 1. The third kappa shape index (κ3) is 5.63. The van der Waals surface area contributed by atoms with E-state index < -0.39 is 0 Å². The van der Waals surface area contributed by atoms with E-state index in [1.165, 1.54) is 0 Å². The summed E-state index contributed by atoms with van der Waals surface area (Å²) in [5.41, 5.74) is 9.83. The lowest BCUT2D eigenvalue weighted by atomic mass is 10.1. The first-order valence-electron chi connectivity index (χ1n) is 9.45. The summed E-state index contributed by atoms with van der Waals surface area (Å²) in [5, 5.41) is 0. The Balaban J connectivity index is 0.00000150. The van der Waals surface area contributed by atoms with E-state index in [2.05, 4.69) is 16.1 Å². The molecule has 0 atom stereocenters. The quantitative estimate of drug-likeness (QED) is 0.625. The lowest BCUT2D eigenvalue weighted by molar-refractivity contribution is -0.133. The third-order valence-corrected chi connectivity index (χ3v) is 5.19. The molecule has 3 heterocycles. The van der Waals surface area contributed by atoms with E-state index in [1.807, 2.05) is 58.0 Å². The molecular weight excluding hydrogens is 409 g/mol. The molecule has 6 nitrogen and oxygen atoms in total. The minimum atomic E-state index is 0. The first kappa shape index (κ1) is 23.0. The van der Waals surface area contributed by atoms with E-state index in [4.69, 9.17) is 5.73 Å². The van der Waals surface area contributed by atoms with Crippen molar-refractivity contribution in [2.45, 2.75) is 19.4 Å². The zero-order valence-electron chi connectivity index (χ0n) is 16.2. The Bertz CT molecular complexity index is 904. The number of carbonyl (C=O) groups is 1. The molecule has 0 saturated carbocycles. The zero-order chi connectivity index (χ0) is 18.6. The molecule has 0 unspecified atom stereocenters. The number of pyridine rings is 1. The fraction of sp³-hybridized carbons (Fsp3) is 0.333. The maximum absolute atomic E-state index is 12.5. The molecule has 156 valence electrons. The van der Waals surface area contributed by atoms with Crippen LogP contribution in [-0.2, 0) is 17.8 Å². The van der Waals surface area contributed by atoms with Crippen molar-refractivity contribution >= 4 is 42.1 Å². The number of nitrogens with zero attached hydrogens (tertiary/aromatic N) is 4. The largest absolute Gasteiger partial charge is 0.399 e. The lowest BCUT2D eigenvalue weighted by Gasteiger charge is -2.34. The Kier molecular flexibility index (Phi) is 8.32. The Hall–Kier alpha value is -2.28. The molecule has 0 aliphatic carbocycles. The van der Waals surface area contributed by atoms with Gasteiger partial charge in [-0.05, 0) is 30.2 Å². The molecule has 2 aromatic heterocycles. The van der Waals surface area contributed by atoms with Crippen molar-refractivity contribution in [2.24, 2.45) is 0 Å². The van der Waals surface area contributed by atoms with Crippen molar-refractivity contribution in [2.75, 3.05) is 31.9 Å². The van der Waals surface area contributed by atoms with Gasteiger partial charge in [-0.2, -0.15) is 0 Å². The van der Waals surface area contributed by atoms with Gasteiger partial charge >= 0.3 is 0 Å². The van der Waals surface area contributed by atoms with Crippen LogP contribution in [-0.4, -0.2) is 51.3 Å². The number of nitrogen functional groups attached to an aromatic ring is 1. The second-order valence-corrected chi connectivity index (χ2v) is 7.05. The number of aryl methyl sites for hydroxylation is 1. The highest BCUT2D eigenvalue weighted by atomic mass is 35.5. The average Bonchev–Trinajstić information content (AvgIpc) is 3.10. The summed E-state index contributed by atoms with van der Waals surface area (Å²) >= 11 is 0. The van der Waals surface area contributed by atoms with Gasteiger partial charge in [-0.3, -0.25) is 9.69 Å². The van der Waals surface area contributed by atoms with Crippen molar-refractivity contribution in [3.63, 3.8) is 0 Å². The summed E-state index contributed by atoms with van der Waals surface area (Å²) in [6.07, 6.45) is 5.31. The molecule has 0 spiro atoms. The van der Waals surface area contributed by atoms with Crippen LogP contribution in [0.25, 0.3) is 5.65 Å². The number of piperazine rings is 1. The highest BCUT2D eigenvalue weighted by Crippen LogP contribution is 2.15. The van der Waals surface area contributed by atoms with Gasteiger partial charge in [-0.25, -0.2) is 4.98 Å². The van der Waals surface area contributed by atoms with Gasteiger partial charge in [0, 0.05) is 57.2 Å². The second-order valence-electron chi connectivity index (χ2n) is 7.05. The van der Waals surface area contributed by atoms with Gasteiger partial charge in [0.2, 0.25) is 5.91 Å². The van der Waals surface area contributed by atoms with Gasteiger partial charge in [0.25, 0.3) is 0 Å². The standard InChI is InChI=1S/C21H25N5O.2ClH/c22-19-6-2-1-5-17(19)8-9-21(27)25-13-11-24(12-14-25)15-18-16-26-10-4-3-7-20(26)23-18;;/h1-7,10,16H,8-9,11-15,22H2;2*1H. The smallest absolute Gasteiger partial charge is 0.222 e. The fourth-order valence-electron chi connectivity index (χ4n) is 3.61. The monoisotopic (exact) mass is 435 g/mol. The minimum Gasteiger partial charge on any atom is -0.399 e. The van der Waals surface area contributed by atoms with Crippen LogP contribution < -0.4 is 5.73 Å². The van der Waals surface area contributed by atoms with Crippen molar-refractivity contribution < 1.29 is 4.79 Å². The van der Waals surface area contributed by atoms with E-state index in [9.17, 15) is 4.79 Å². The van der Waals surface area contributed by atoms with Crippen LogP contribution in [0.4, 0.5) is 5.69 Å². The maximum Gasteiger partial charge on any atom is 0.222 e. The number of hydrogen-bond donors (Lipinski definition) is 1. The molecule has 8 heteroatoms. The molecule has 0 radical (unpaired) electrons. The fourth-order valence-corrected chi connectivity index (χ4v) is 3.61. The van der Waals surface area contributed by atoms with Crippen LogP contribution in [0.5, 0.6) is 0 Å². The molecule has 2 N–H and O–H groups in total. The molecule has 1 amide bonds. The molecule has 1 aromatic carbocycles. The van der Waals surface area contributed by atoms with Crippen LogP contribution in [0.3, 0.4) is 0 Å². The highest BCUT2D eigenvalue weighted by Gasteiger charge is 2.21. The van der Waals surface area contributed by atoms with Crippen molar-refractivity contribution in [3.8, 4) is 0 Å². The van der Waals surface area contributed by atoms with Crippen LogP contribution in [0.2, 0.25) is 0 Å². The maximum atomic E-state index is 12.5. The summed E-state index contributed by atoms with van der Waals surface area (Å²) in [6.45, 7) is 4.14. The van der Waals surface area contributed by atoms with E-state index in [0.29, 0.717) is 12.8 Å². The van der Waals surface area contributed by atoms with Crippen molar-refractivity contribution in [3.05, 3.63) is 66.1 Å². The number of nitrogens with two attached hydrogens (primary N) is 1. The number of anilines is 1. The number of amides is 1. The number of para-hydroxylation sites is 1. The number of rotatable bonds is 5. The first-order chi connectivity index (χ1) is 13.2. The van der Waals surface area contributed by atoms with Crippen molar-refractivity contribution in [1.82, 2.24) is 19.2 Å².